The summed E-state index contributed by atoms with van der Waals surface area (Å²) in [6.07, 6.45) is 2.71. The summed E-state index contributed by atoms with van der Waals surface area (Å²) >= 11 is 0. The maximum atomic E-state index is 5.90. The Morgan fingerprint density at radius 2 is 1.84 bits per heavy atom. The van der Waals surface area contributed by atoms with Gasteiger partial charge in [-0.2, -0.15) is 0 Å². The van der Waals surface area contributed by atoms with Gasteiger partial charge in [0.1, 0.15) is 0 Å². The second-order valence-corrected chi connectivity index (χ2v) is 5.90. The SMILES string of the molecule is CCNC(COCC1CC1)c1c(C)cc(C)cc1C. The highest BCUT2D eigenvalue weighted by Crippen LogP contribution is 2.30. The second-order valence-electron chi connectivity index (χ2n) is 5.90. The molecule has 1 N–H and O–H groups in total. The summed E-state index contributed by atoms with van der Waals surface area (Å²) in [6, 6.07) is 4.87. The van der Waals surface area contributed by atoms with Gasteiger partial charge in [-0.05, 0) is 62.8 Å². The monoisotopic (exact) mass is 261 g/mol. The molecule has 1 atom stereocenters. The summed E-state index contributed by atoms with van der Waals surface area (Å²) < 4.78 is 5.90. The fourth-order valence-corrected chi connectivity index (χ4v) is 2.87. The average Bonchev–Trinajstić information content (AvgIpc) is 3.11. The molecule has 0 heterocycles. The van der Waals surface area contributed by atoms with Crippen LogP contribution >= 0.6 is 0 Å². The fourth-order valence-electron chi connectivity index (χ4n) is 2.87. The molecule has 0 amide bonds. The summed E-state index contributed by atoms with van der Waals surface area (Å²) in [5, 5.41) is 3.57. The van der Waals surface area contributed by atoms with Gasteiger partial charge in [0.25, 0.3) is 0 Å². The van der Waals surface area contributed by atoms with Crippen LogP contribution in [0.3, 0.4) is 0 Å². The van der Waals surface area contributed by atoms with E-state index in [0.29, 0.717) is 6.04 Å². The van der Waals surface area contributed by atoms with Crippen LogP contribution < -0.4 is 5.32 Å². The molecule has 2 nitrogen and oxygen atoms in total. The number of nitrogens with one attached hydrogen (secondary N) is 1. The minimum absolute atomic E-state index is 0.323. The number of likely N-dealkylation sites (N-methyl/N-ethyl adjacent to an activating group) is 1. The van der Waals surface area contributed by atoms with Crippen LogP contribution in [0.1, 0.15) is 48.1 Å². The van der Waals surface area contributed by atoms with E-state index in [0.717, 1.165) is 25.7 Å². The molecule has 0 aromatic heterocycles. The molecule has 0 radical (unpaired) electrons. The predicted octanol–water partition coefficient (Wildman–Crippen LogP) is 3.69. The third kappa shape index (κ3) is 4.05. The van der Waals surface area contributed by atoms with Gasteiger partial charge in [-0.1, -0.05) is 24.6 Å². The zero-order chi connectivity index (χ0) is 13.8. The molecule has 0 bridgehead atoms. The van der Waals surface area contributed by atoms with Crippen LogP contribution in [0.25, 0.3) is 0 Å². The lowest BCUT2D eigenvalue weighted by Crippen LogP contribution is -2.27. The second kappa shape index (κ2) is 6.53. The first-order valence-corrected chi connectivity index (χ1v) is 7.50. The highest BCUT2D eigenvalue weighted by atomic mass is 16.5. The van der Waals surface area contributed by atoms with Crippen molar-refractivity contribution in [1.82, 2.24) is 5.32 Å². The van der Waals surface area contributed by atoms with E-state index in [1.165, 1.54) is 35.1 Å². The maximum absolute atomic E-state index is 5.90. The Morgan fingerprint density at radius 3 is 2.37 bits per heavy atom. The number of hydrogen-bond donors (Lipinski definition) is 1. The Labute approximate surface area is 117 Å². The summed E-state index contributed by atoms with van der Waals surface area (Å²) in [7, 11) is 0. The van der Waals surface area contributed by atoms with Crippen molar-refractivity contribution in [1.29, 1.82) is 0 Å². The van der Waals surface area contributed by atoms with Crippen LogP contribution in [-0.4, -0.2) is 19.8 Å². The van der Waals surface area contributed by atoms with Gasteiger partial charge in [0.2, 0.25) is 0 Å². The molecule has 1 aliphatic carbocycles. The molecule has 1 saturated carbocycles. The van der Waals surface area contributed by atoms with Crippen LogP contribution in [0.4, 0.5) is 0 Å². The standard InChI is InChI=1S/C17H27NO/c1-5-18-16(11-19-10-15-6-7-15)17-13(3)8-12(2)9-14(17)4/h8-9,15-16,18H,5-7,10-11H2,1-4H3. The Morgan fingerprint density at radius 1 is 1.21 bits per heavy atom. The first-order chi connectivity index (χ1) is 9.11. The number of hydrogen-bond acceptors (Lipinski definition) is 2. The topological polar surface area (TPSA) is 21.3 Å². The Hall–Kier alpha value is -0.860. The van der Waals surface area contributed by atoms with E-state index < -0.39 is 0 Å². The van der Waals surface area contributed by atoms with E-state index in [-0.39, 0.29) is 0 Å². The predicted molar refractivity (Wildman–Crippen MR) is 80.6 cm³/mol. The number of ether oxygens (including phenoxy) is 1. The molecule has 1 aromatic rings. The molecule has 2 heteroatoms. The van der Waals surface area contributed by atoms with Crippen molar-refractivity contribution in [3.05, 3.63) is 34.4 Å². The number of aryl methyl sites for hydroxylation is 3. The molecule has 1 aliphatic rings. The van der Waals surface area contributed by atoms with Gasteiger partial charge in [-0.15, -0.1) is 0 Å². The Balaban J connectivity index is 2.07. The van der Waals surface area contributed by atoms with E-state index in [1.807, 2.05) is 0 Å². The minimum Gasteiger partial charge on any atom is -0.379 e. The molecule has 1 unspecified atom stereocenters. The first kappa shape index (κ1) is 14.5. The quantitative estimate of drug-likeness (QED) is 0.808. The summed E-state index contributed by atoms with van der Waals surface area (Å²) in [6.45, 7) is 11.4. The molecule has 1 aromatic carbocycles. The van der Waals surface area contributed by atoms with E-state index in [2.05, 4.69) is 45.1 Å². The molecular weight excluding hydrogens is 234 g/mol. The third-order valence-corrected chi connectivity index (χ3v) is 3.87. The molecule has 106 valence electrons. The van der Waals surface area contributed by atoms with Crippen molar-refractivity contribution < 1.29 is 4.74 Å². The fraction of sp³-hybridized carbons (Fsp3) is 0.647. The zero-order valence-electron chi connectivity index (χ0n) is 12.8. The summed E-state index contributed by atoms with van der Waals surface area (Å²) in [5.74, 6) is 0.836. The van der Waals surface area contributed by atoms with Crippen molar-refractivity contribution in [3.63, 3.8) is 0 Å². The Kier molecular flexibility index (Phi) is 5.00. The van der Waals surface area contributed by atoms with E-state index in [4.69, 9.17) is 4.74 Å². The lowest BCUT2D eigenvalue weighted by Gasteiger charge is -2.23. The molecule has 0 aliphatic heterocycles. The highest BCUT2D eigenvalue weighted by Gasteiger charge is 2.22. The largest absolute Gasteiger partial charge is 0.379 e. The van der Waals surface area contributed by atoms with Gasteiger partial charge in [-0.3, -0.25) is 0 Å². The van der Waals surface area contributed by atoms with E-state index in [9.17, 15) is 0 Å². The van der Waals surface area contributed by atoms with Crippen LogP contribution in [0.2, 0.25) is 0 Å². The van der Waals surface area contributed by atoms with Crippen molar-refractivity contribution >= 4 is 0 Å². The zero-order valence-corrected chi connectivity index (χ0v) is 12.8. The van der Waals surface area contributed by atoms with Gasteiger partial charge in [0, 0.05) is 6.61 Å². The van der Waals surface area contributed by atoms with E-state index in [1.54, 1.807) is 0 Å². The van der Waals surface area contributed by atoms with E-state index >= 15 is 0 Å². The highest BCUT2D eigenvalue weighted by molar-refractivity contribution is 5.39. The molecule has 1 fully saturated rings. The molecular formula is C17H27NO. The van der Waals surface area contributed by atoms with Crippen molar-refractivity contribution in [2.75, 3.05) is 19.8 Å². The maximum Gasteiger partial charge on any atom is 0.0661 e. The molecule has 19 heavy (non-hydrogen) atoms. The smallest absolute Gasteiger partial charge is 0.0661 e. The number of benzene rings is 1. The summed E-state index contributed by atoms with van der Waals surface area (Å²) in [5.41, 5.74) is 5.51. The van der Waals surface area contributed by atoms with Crippen molar-refractivity contribution in [2.24, 2.45) is 5.92 Å². The van der Waals surface area contributed by atoms with Gasteiger partial charge in [0.15, 0.2) is 0 Å². The van der Waals surface area contributed by atoms with Crippen LogP contribution in [0.5, 0.6) is 0 Å². The third-order valence-electron chi connectivity index (χ3n) is 3.87. The molecule has 0 spiro atoms. The normalized spacial score (nSPS) is 16.6. The van der Waals surface area contributed by atoms with Crippen molar-refractivity contribution in [2.45, 2.75) is 46.6 Å². The summed E-state index contributed by atoms with van der Waals surface area (Å²) in [4.78, 5) is 0. The van der Waals surface area contributed by atoms with Gasteiger partial charge in [0.05, 0.1) is 12.6 Å². The lowest BCUT2D eigenvalue weighted by molar-refractivity contribution is 0.103. The van der Waals surface area contributed by atoms with Crippen molar-refractivity contribution in [3.8, 4) is 0 Å². The Bertz CT molecular complexity index is 400. The lowest BCUT2D eigenvalue weighted by atomic mass is 9.94. The average molecular weight is 261 g/mol. The van der Waals surface area contributed by atoms with Crippen LogP contribution in [0.15, 0.2) is 12.1 Å². The molecule has 0 saturated heterocycles. The van der Waals surface area contributed by atoms with Gasteiger partial charge < -0.3 is 10.1 Å². The van der Waals surface area contributed by atoms with Gasteiger partial charge in [-0.25, -0.2) is 0 Å². The van der Waals surface area contributed by atoms with Gasteiger partial charge >= 0.3 is 0 Å². The van der Waals surface area contributed by atoms with Crippen LogP contribution in [-0.2, 0) is 4.74 Å². The minimum atomic E-state index is 0.323. The number of rotatable bonds is 7. The molecule has 2 rings (SSSR count). The first-order valence-electron chi connectivity index (χ1n) is 7.50. The van der Waals surface area contributed by atoms with Crippen LogP contribution in [0, 0.1) is 26.7 Å².